The van der Waals surface area contributed by atoms with E-state index in [0.29, 0.717) is 5.92 Å². The maximum Gasteiger partial charge on any atom is 0.251 e. The molecule has 0 bridgehead atoms. The van der Waals surface area contributed by atoms with Gasteiger partial charge in [0.15, 0.2) is 0 Å². The highest BCUT2D eigenvalue weighted by atomic mass is 16.1. The van der Waals surface area contributed by atoms with E-state index < -0.39 is 0 Å². The summed E-state index contributed by atoms with van der Waals surface area (Å²) in [5.74, 6) is 0.409. The molecule has 0 atom stereocenters. The van der Waals surface area contributed by atoms with Gasteiger partial charge in [-0.25, -0.2) is 0 Å². The number of carbonyl (C=O) groups is 1. The summed E-state index contributed by atoms with van der Waals surface area (Å²) in [7, 11) is 4.08. The van der Waals surface area contributed by atoms with Gasteiger partial charge in [0.2, 0.25) is 0 Å². The van der Waals surface area contributed by atoms with Crippen molar-refractivity contribution in [3.63, 3.8) is 0 Å². The van der Waals surface area contributed by atoms with Gasteiger partial charge in [-0.05, 0) is 44.6 Å². The zero-order valence-corrected chi connectivity index (χ0v) is 11.9. The van der Waals surface area contributed by atoms with E-state index in [0.717, 1.165) is 30.6 Å². The van der Waals surface area contributed by atoms with Crippen LogP contribution in [0.4, 0.5) is 0 Å². The van der Waals surface area contributed by atoms with Crippen LogP contribution < -0.4 is 5.32 Å². The Kier molecular flexibility index (Phi) is 5.86. The monoisotopic (exact) mass is 248 g/mol. The van der Waals surface area contributed by atoms with Crippen LogP contribution in [0.2, 0.25) is 0 Å². The average Bonchev–Trinajstić information content (AvgIpc) is 2.34. The minimum absolute atomic E-state index is 0.0399. The first-order valence-corrected chi connectivity index (χ1v) is 6.54. The Hall–Kier alpha value is -1.35. The number of nitrogens with one attached hydrogen (secondary N) is 1. The molecule has 3 nitrogen and oxygen atoms in total. The number of amides is 1. The molecule has 0 radical (unpaired) electrons. The molecular formula is C15H24N2O. The fourth-order valence-electron chi connectivity index (χ4n) is 1.90. The second-order valence-corrected chi connectivity index (χ2v) is 5.15. The molecule has 0 aliphatic heterocycles. The SMILES string of the molecule is CC(C)c1ccccc1C(=O)NCCCN(C)C. The van der Waals surface area contributed by atoms with Crippen LogP contribution in [0.5, 0.6) is 0 Å². The number of hydrogen-bond acceptors (Lipinski definition) is 2. The molecule has 0 aliphatic carbocycles. The molecule has 1 aromatic carbocycles. The van der Waals surface area contributed by atoms with Crippen molar-refractivity contribution in [1.82, 2.24) is 10.2 Å². The predicted octanol–water partition coefficient (Wildman–Crippen LogP) is 2.49. The summed E-state index contributed by atoms with van der Waals surface area (Å²) < 4.78 is 0. The lowest BCUT2D eigenvalue weighted by molar-refractivity contribution is 0.0951. The molecule has 0 heterocycles. The first-order chi connectivity index (χ1) is 8.52. The van der Waals surface area contributed by atoms with Crippen LogP contribution in [0.15, 0.2) is 24.3 Å². The average molecular weight is 248 g/mol. The van der Waals surface area contributed by atoms with E-state index in [9.17, 15) is 4.79 Å². The highest BCUT2D eigenvalue weighted by molar-refractivity contribution is 5.95. The number of rotatable bonds is 6. The summed E-state index contributed by atoms with van der Waals surface area (Å²) in [6, 6.07) is 7.83. The Balaban J connectivity index is 2.56. The Bertz CT molecular complexity index is 386. The predicted molar refractivity (Wildman–Crippen MR) is 76.0 cm³/mol. The summed E-state index contributed by atoms with van der Waals surface area (Å²) in [5.41, 5.74) is 1.92. The van der Waals surface area contributed by atoms with Crippen LogP contribution in [-0.2, 0) is 0 Å². The second kappa shape index (κ2) is 7.17. The molecule has 1 amide bonds. The third-order valence-electron chi connectivity index (χ3n) is 2.90. The molecule has 1 aromatic rings. The molecule has 0 fully saturated rings. The molecule has 1 rings (SSSR count). The van der Waals surface area contributed by atoms with Gasteiger partial charge in [0.05, 0.1) is 0 Å². The number of carbonyl (C=O) groups excluding carboxylic acids is 1. The van der Waals surface area contributed by atoms with Gasteiger partial charge in [-0.1, -0.05) is 32.0 Å². The minimum Gasteiger partial charge on any atom is -0.352 e. The molecule has 18 heavy (non-hydrogen) atoms. The Labute approximate surface area is 110 Å². The van der Waals surface area contributed by atoms with Gasteiger partial charge in [-0.3, -0.25) is 4.79 Å². The highest BCUT2D eigenvalue weighted by Crippen LogP contribution is 2.18. The van der Waals surface area contributed by atoms with E-state index in [1.165, 1.54) is 0 Å². The van der Waals surface area contributed by atoms with Crippen molar-refractivity contribution in [3.05, 3.63) is 35.4 Å². The van der Waals surface area contributed by atoms with Gasteiger partial charge < -0.3 is 10.2 Å². The number of nitrogens with zero attached hydrogens (tertiary/aromatic N) is 1. The molecule has 0 saturated carbocycles. The number of benzene rings is 1. The first kappa shape index (κ1) is 14.7. The lowest BCUT2D eigenvalue weighted by Gasteiger charge is -2.13. The third kappa shape index (κ3) is 4.49. The maximum atomic E-state index is 12.1. The minimum atomic E-state index is 0.0399. The van der Waals surface area contributed by atoms with Crippen LogP contribution in [-0.4, -0.2) is 38.0 Å². The fraction of sp³-hybridized carbons (Fsp3) is 0.533. The second-order valence-electron chi connectivity index (χ2n) is 5.15. The van der Waals surface area contributed by atoms with Gasteiger partial charge in [0.1, 0.15) is 0 Å². The summed E-state index contributed by atoms with van der Waals surface area (Å²) in [4.78, 5) is 14.2. The van der Waals surface area contributed by atoms with Crippen molar-refractivity contribution < 1.29 is 4.79 Å². The van der Waals surface area contributed by atoms with E-state index in [1.807, 2.05) is 38.4 Å². The zero-order chi connectivity index (χ0) is 13.5. The Morgan fingerprint density at radius 1 is 1.28 bits per heavy atom. The van der Waals surface area contributed by atoms with Gasteiger partial charge in [-0.15, -0.1) is 0 Å². The fourth-order valence-corrected chi connectivity index (χ4v) is 1.90. The van der Waals surface area contributed by atoms with Crippen LogP contribution >= 0.6 is 0 Å². The third-order valence-corrected chi connectivity index (χ3v) is 2.90. The van der Waals surface area contributed by atoms with Crippen LogP contribution in [0.1, 0.15) is 42.1 Å². The highest BCUT2D eigenvalue weighted by Gasteiger charge is 2.12. The van der Waals surface area contributed by atoms with Crippen molar-refractivity contribution in [2.75, 3.05) is 27.2 Å². The number of hydrogen-bond donors (Lipinski definition) is 1. The van der Waals surface area contributed by atoms with Crippen LogP contribution in [0.3, 0.4) is 0 Å². The summed E-state index contributed by atoms with van der Waals surface area (Å²) in [6.45, 7) is 5.94. The molecule has 0 unspecified atom stereocenters. The molecule has 0 aliphatic rings. The maximum absolute atomic E-state index is 12.1. The molecule has 0 spiro atoms. The van der Waals surface area contributed by atoms with Gasteiger partial charge in [0.25, 0.3) is 5.91 Å². The summed E-state index contributed by atoms with van der Waals surface area (Å²) in [6.07, 6.45) is 0.975. The molecule has 0 aromatic heterocycles. The summed E-state index contributed by atoms with van der Waals surface area (Å²) >= 11 is 0. The summed E-state index contributed by atoms with van der Waals surface area (Å²) in [5, 5.41) is 2.98. The molecule has 3 heteroatoms. The van der Waals surface area contributed by atoms with Crippen molar-refractivity contribution in [3.8, 4) is 0 Å². The normalized spacial score (nSPS) is 11.0. The van der Waals surface area contributed by atoms with Crippen molar-refractivity contribution >= 4 is 5.91 Å². The standard InChI is InChI=1S/C15H24N2O/c1-12(2)13-8-5-6-9-14(13)15(18)16-10-7-11-17(3)4/h5-6,8-9,12H,7,10-11H2,1-4H3,(H,16,18). The van der Waals surface area contributed by atoms with Gasteiger partial charge in [-0.2, -0.15) is 0 Å². The Morgan fingerprint density at radius 3 is 2.56 bits per heavy atom. The van der Waals surface area contributed by atoms with Gasteiger partial charge in [0, 0.05) is 12.1 Å². The van der Waals surface area contributed by atoms with E-state index >= 15 is 0 Å². The first-order valence-electron chi connectivity index (χ1n) is 6.54. The van der Waals surface area contributed by atoms with E-state index in [2.05, 4.69) is 24.1 Å². The molecule has 0 saturated heterocycles. The Morgan fingerprint density at radius 2 is 1.94 bits per heavy atom. The van der Waals surface area contributed by atoms with Crippen LogP contribution in [0.25, 0.3) is 0 Å². The lowest BCUT2D eigenvalue weighted by Crippen LogP contribution is -2.28. The molecule has 1 N–H and O–H groups in total. The van der Waals surface area contributed by atoms with Crippen LogP contribution in [0, 0.1) is 0 Å². The molecular weight excluding hydrogens is 224 g/mol. The topological polar surface area (TPSA) is 32.3 Å². The van der Waals surface area contributed by atoms with Crippen molar-refractivity contribution in [1.29, 1.82) is 0 Å². The van der Waals surface area contributed by atoms with E-state index in [-0.39, 0.29) is 5.91 Å². The smallest absolute Gasteiger partial charge is 0.251 e. The van der Waals surface area contributed by atoms with E-state index in [1.54, 1.807) is 0 Å². The van der Waals surface area contributed by atoms with E-state index in [4.69, 9.17) is 0 Å². The van der Waals surface area contributed by atoms with Crippen molar-refractivity contribution in [2.24, 2.45) is 0 Å². The lowest BCUT2D eigenvalue weighted by atomic mass is 9.97. The van der Waals surface area contributed by atoms with Gasteiger partial charge >= 0.3 is 0 Å². The molecule has 100 valence electrons. The quantitative estimate of drug-likeness (QED) is 0.784. The zero-order valence-electron chi connectivity index (χ0n) is 11.9. The van der Waals surface area contributed by atoms with Crippen molar-refractivity contribution in [2.45, 2.75) is 26.2 Å². The largest absolute Gasteiger partial charge is 0.352 e.